The first kappa shape index (κ1) is 20.4. The second kappa shape index (κ2) is 8.88. The van der Waals surface area contributed by atoms with Gasteiger partial charge in [-0.05, 0) is 47.4 Å². The number of ketones is 2. The fraction of sp³-hybridized carbons (Fsp3) is 0.417. The Morgan fingerprint density at radius 2 is 1.87 bits per heavy atom. The van der Waals surface area contributed by atoms with E-state index >= 15 is 0 Å². The van der Waals surface area contributed by atoms with Crippen molar-refractivity contribution in [1.29, 1.82) is 0 Å². The average Bonchev–Trinajstić information content (AvgIpc) is 2.78. The van der Waals surface area contributed by atoms with Crippen LogP contribution in [0.4, 0.5) is 5.69 Å². The first-order chi connectivity index (χ1) is 14.6. The molecule has 0 radical (unpaired) electrons. The van der Waals surface area contributed by atoms with Crippen LogP contribution in [0.25, 0.3) is 6.08 Å². The summed E-state index contributed by atoms with van der Waals surface area (Å²) in [7, 11) is 0. The molecule has 156 valence electrons. The van der Waals surface area contributed by atoms with Gasteiger partial charge in [0.05, 0.1) is 17.6 Å². The molecule has 2 aromatic rings. The number of hydrogen-bond donors (Lipinski definition) is 0. The molecule has 6 heteroatoms. The lowest BCUT2D eigenvalue weighted by Gasteiger charge is -2.35. The van der Waals surface area contributed by atoms with Crippen molar-refractivity contribution in [2.24, 2.45) is 0 Å². The summed E-state index contributed by atoms with van der Waals surface area (Å²) in [6, 6.07) is 5.91. The van der Waals surface area contributed by atoms with E-state index in [-0.39, 0.29) is 11.6 Å². The number of aromatic nitrogens is 2. The predicted octanol–water partition coefficient (Wildman–Crippen LogP) is 3.31. The van der Waals surface area contributed by atoms with E-state index in [1.807, 2.05) is 38.3 Å². The number of carbonyl (C=O) groups excluding carboxylic acids is 2. The Hall–Kier alpha value is -2.86. The molecule has 3 heterocycles. The number of Topliss-reactive ketones (excluding diaryl/α,β-unsaturated/α-hetero) is 2. The summed E-state index contributed by atoms with van der Waals surface area (Å²) >= 11 is 0. The van der Waals surface area contributed by atoms with Crippen LogP contribution in [0.1, 0.15) is 54.0 Å². The van der Waals surface area contributed by atoms with E-state index in [2.05, 4.69) is 25.8 Å². The van der Waals surface area contributed by atoms with Gasteiger partial charge in [0.2, 0.25) is 0 Å². The Balaban J connectivity index is 1.35. The highest BCUT2D eigenvalue weighted by atomic mass is 16.1. The van der Waals surface area contributed by atoms with E-state index in [1.165, 1.54) is 0 Å². The summed E-state index contributed by atoms with van der Waals surface area (Å²) in [6.45, 7) is 8.36. The topological polar surface area (TPSA) is 66.4 Å². The van der Waals surface area contributed by atoms with Crippen LogP contribution in [0.3, 0.4) is 0 Å². The minimum absolute atomic E-state index is 0.0760. The first-order valence-electron chi connectivity index (χ1n) is 10.8. The number of allylic oxidation sites excluding steroid dienone is 1. The molecule has 1 saturated heterocycles. The largest absolute Gasteiger partial charge is 0.368 e. The molecule has 0 spiro atoms. The maximum absolute atomic E-state index is 12.2. The summed E-state index contributed by atoms with van der Waals surface area (Å²) in [6.07, 6.45) is 7.45. The van der Waals surface area contributed by atoms with Crippen LogP contribution < -0.4 is 4.90 Å². The van der Waals surface area contributed by atoms with Gasteiger partial charge in [-0.2, -0.15) is 0 Å². The molecule has 0 bridgehead atoms. The SMILES string of the molecule is CCC(=O)c1ccc(N2CCN(Cc3cc4c(cn3)C=C(CC)C(=O)C4)CC2)cn1. The zero-order valence-electron chi connectivity index (χ0n) is 17.7. The van der Waals surface area contributed by atoms with Crippen molar-refractivity contribution in [3.8, 4) is 0 Å². The number of hydrogen-bond acceptors (Lipinski definition) is 6. The standard InChI is InChI=1S/C24H28N4O2/c1-3-17-11-19-14-25-20(12-18(19)13-24(17)30)16-27-7-9-28(10-8-27)21-5-6-22(26-15-21)23(29)4-2/h5-6,11-12,14-15H,3-4,7-10,13,16H2,1-2H3. The molecule has 0 amide bonds. The van der Waals surface area contributed by atoms with Gasteiger partial charge in [0.1, 0.15) is 5.69 Å². The van der Waals surface area contributed by atoms with E-state index in [0.29, 0.717) is 18.5 Å². The van der Waals surface area contributed by atoms with Crippen molar-refractivity contribution in [3.63, 3.8) is 0 Å². The van der Waals surface area contributed by atoms with Gasteiger partial charge in [-0.25, -0.2) is 0 Å². The molecule has 0 atom stereocenters. The fourth-order valence-corrected chi connectivity index (χ4v) is 4.09. The first-order valence-corrected chi connectivity index (χ1v) is 10.8. The van der Waals surface area contributed by atoms with E-state index < -0.39 is 0 Å². The van der Waals surface area contributed by atoms with Crippen molar-refractivity contribution in [2.45, 2.75) is 39.7 Å². The lowest BCUT2D eigenvalue weighted by molar-refractivity contribution is -0.115. The van der Waals surface area contributed by atoms with Crippen molar-refractivity contribution in [3.05, 3.63) is 58.7 Å². The number of pyridine rings is 2. The zero-order chi connectivity index (χ0) is 21.1. The molecule has 0 aromatic carbocycles. The number of nitrogens with zero attached hydrogens (tertiary/aromatic N) is 4. The molecule has 2 aliphatic rings. The number of carbonyl (C=O) groups is 2. The molecule has 30 heavy (non-hydrogen) atoms. The zero-order valence-corrected chi connectivity index (χ0v) is 17.7. The third kappa shape index (κ3) is 4.33. The van der Waals surface area contributed by atoms with Gasteiger partial charge >= 0.3 is 0 Å². The Labute approximate surface area is 177 Å². The van der Waals surface area contributed by atoms with Crippen LogP contribution in [0.2, 0.25) is 0 Å². The molecule has 1 aliphatic heterocycles. The van der Waals surface area contributed by atoms with Gasteiger partial charge in [-0.3, -0.25) is 24.5 Å². The van der Waals surface area contributed by atoms with Gasteiger partial charge in [0, 0.05) is 51.8 Å². The van der Waals surface area contributed by atoms with E-state index in [4.69, 9.17) is 0 Å². The molecule has 1 fully saturated rings. The monoisotopic (exact) mass is 404 g/mol. The molecule has 0 N–H and O–H groups in total. The molecule has 4 rings (SSSR count). The number of piperazine rings is 1. The quantitative estimate of drug-likeness (QED) is 0.688. The van der Waals surface area contributed by atoms with Gasteiger partial charge in [-0.1, -0.05) is 13.8 Å². The van der Waals surface area contributed by atoms with Crippen molar-refractivity contribution < 1.29 is 9.59 Å². The maximum atomic E-state index is 12.2. The summed E-state index contributed by atoms with van der Waals surface area (Å²) in [5.41, 5.74) is 5.69. The van der Waals surface area contributed by atoms with Crippen LogP contribution in [0.15, 0.2) is 36.2 Å². The number of fused-ring (bicyclic) bond motifs is 1. The third-order valence-electron chi connectivity index (χ3n) is 5.98. The van der Waals surface area contributed by atoms with Gasteiger partial charge in [0.15, 0.2) is 11.6 Å². The van der Waals surface area contributed by atoms with Crippen LogP contribution in [0.5, 0.6) is 0 Å². The molecule has 6 nitrogen and oxygen atoms in total. The smallest absolute Gasteiger partial charge is 0.180 e. The molecule has 0 unspecified atom stereocenters. The van der Waals surface area contributed by atoms with Gasteiger partial charge < -0.3 is 4.90 Å². The second-order valence-corrected chi connectivity index (χ2v) is 7.94. The Morgan fingerprint density at radius 3 is 2.53 bits per heavy atom. The van der Waals surface area contributed by atoms with E-state index in [1.54, 1.807) is 6.20 Å². The van der Waals surface area contributed by atoms with E-state index in [0.717, 1.165) is 67.2 Å². The Kier molecular flexibility index (Phi) is 6.04. The van der Waals surface area contributed by atoms with Crippen LogP contribution in [0, 0.1) is 0 Å². The fourth-order valence-electron chi connectivity index (χ4n) is 4.09. The number of anilines is 1. The van der Waals surface area contributed by atoms with Crippen LogP contribution in [-0.4, -0.2) is 52.6 Å². The minimum Gasteiger partial charge on any atom is -0.368 e. The summed E-state index contributed by atoms with van der Waals surface area (Å²) in [5.74, 6) is 0.308. The lowest BCUT2D eigenvalue weighted by atomic mass is 9.91. The Bertz CT molecular complexity index is 973. The third-order valence-corrected chi connectivity index (χ3v) is 5.98. The lowest BCUT2D eigenvalue weighted by Crippen LogP contribution is -2.46. The molecular formula is C24H28N4O2. The van der Waals surface area contributed by atoms with Crippen LogP contribution >= 0.6 is 0 Å². The Morgan fingerprint density at radius 1 is 1.07 bits per heavy atom. The molecule has 1 aliphatic carbocycles. The minimum atomic E-state index is 0.0760. The summed E-state index contributed by atoms with van der Waals surface area (Å²) in [5, 5.41) is 0. The van der Waals surface area contributed by atoms with Crippen molar-refractivity contribution >= 4 is 23.3 Å². The van der Waals surface area contributed by atoms with Crippen molar-refractivity contribution in [1.82, 2.24) is 14.9 Å². The van der Waals surface area contributed by atoms with Gasteiger partial charge in [-0.15, -0.1) is 0 Å². The average molecular weight is 405 g/mol. The molecule has 0 saturated carbocycles. The molecule has 2 aromatic heterocycles. The highest BCUT2D eigenvalue weighted by Gasteiger charge is 2.21. The predicted molar refractivity (Wildman–Crippen MR) is 118 cm³/mol. The highest BCUT2D eigenvalue weighted by molar-refractivity contribution is 6.03. The number of rotatable bonds is 6. The normalized spacial score (nSPS) is 16.9. The highest BCUT2D eigenvalue weighted by Crippen LogP contribution is 2.24. The second-order valence-electron chi connectivity index (χ2n) is 7.94. The van der Waals surface area contributed by atoms with Crippen LogP contribution in [-0.2, 0) is 17.8 Å². The summed E-state index contributed by atoms with van der Waals surface area (Å²) < 4.78 is 0. The molecular weight excluding hydrogens is 376 g/mol. The summed E-state index contributed by atoms with van der Waals surface area (Å²) in [4.78, 5) is 37.6. The van der Waals surface area contributed by atoms with Gasteiger partial charge in [0.25, 0.3) is 0 Å². The maximum Gasteiger partial charge on any atom is 0.180 e. The van der Waals surface area contributed by atoms with E-state index in [9.17, 15) is 9.59 Å². The van der Waals surface area contributed by atoms with Crippen molar-refractivity contribution in [2.75, 3.05) is 31.1 Å².